The molecular weight excluding hydrogens is 174 g/mol. The minimum absolute atomic E-state index is 0.191. The van der Waals surface area contributed by atoms with E-state index >= 15 is 0 Å². The van der Waals surface area contributed by atoms with Crippen molar-refractivity contribution in [2.24, 2.45) is 5.92 Å². The van der Waals surface area contributed by atoms with Crippen molar-refractivity contribution >= 4 is 0 Å². The van der Waals surface area contributed by atoms with Crippen LogP contribution < -0.4 is 0 Å². The highest BCUT2D eigenvalue weighted by atomic mass is 16.3. The fraction of sp³-hybridized carbons (Fsp3) is 0.917. The zero-order valence-corrected chi connectivity index (χ0v) is 9.50. The van der Waals surface area contributed by atoms with E-state index in [0.717, 1.165) is 38.5 Å². The topological polar surface area (TPSA) is 44.0 Å². The third kappa shape index (κ3) is 5.99. The van der Waals surface area contributed by atoms with E-state index in [1.165, 1.54) is 0 Å². The Morgan fingerprint density at radius 1 is 1.14 bits per heavy atom. The maximum absolute atomic E-state index is 9.89. The molecule has 0 saturated heterocycles. The Balaban J connectivity index is 3.84. The number of unbranched alkanes of at least 4 members (excludes halogenated alkanes) is 1. The van der Waals surface area contributed by atoms with Crippen molar-refractivity contribution in [1.29, 1.82) is 5.26 Å². The van der Waals surface area contributed by atoms with Crippen LogP contribution in [0.2, 0.25) is 0 Å². The van der Waals surface area contributed by atoms with Crippen LogP contribution in [0.4, 0.5) is 0 Å². The van der Waals surface area contributed by atoms with Gasteiger partial charge in [-0.1, -0.05) is 33.1 Å². The molecule has 82 valence electrons. The summed E-state index contributed by atoms with van der Waals surface area (Å²) in [5.41, 5.74) is 0. The summed E-state index contributed by atoms with van der Waals surface area (Å²) in [5, 5.41) is 18.4. The Morgan fingerprint density at radius 3 is 2.36 bits per heavy atom. The molecule has 2 unspecified atom stereocenters. The Labute approximate surface area is 87.9 Å². The summed E-state index contributed by atoms with van der Waals surface area (Å²) in [6.07, 6.45) is 6.51. The van der Waals surface area contributed by atoms with Crippen molar-refractivity contribution in [1.82, 2.24) is 0 Å². The molecule has 0 aromatic rings. The van der Waals surface area contributed by atoms with Gasteiger partial charge >= 0.3 is 0 Å². The number of hydrogen-bond acceptors (Lipinski definition) is 2. The molecule has 0 aliphatic heterocycles. The molecule has 0 aromatic carbocycles. The third-order valence-corrected chi connectivity index (χ3v) is 2.68. The summed E-state index contributed by atoms with van der Waals surface area (Å²) in [6.45, 7) is 4.27. The monoisotopic (exact) mass is 197 g/mol. The second kappa shape index (κ2) is 9.02. The van der Waals surface area contributed by atoms with E-state index in [4.69, 9.17) is 5.26 Å². The summed E-state index contributed by atoms with van der Waals surface area (Å²) in [4.78, 5) is 0. The minimum Gasteiger partial charge on any atom is -0.393 e. The second-order valence-electron chi connectivity index (χ2n) is 3.96. The lowest BCUT2D eigenvalue weighted by Crippen LogP contribution is -2.20. The second-order valence-corrected chi connectivity index (χ2v) is 3.96. The van der Waals surface area contributed by atoms with Crippen molar-refractivity contribution < 1.29 is 5.11 Å². The van der Waals surface area contributed by atoms with Gasteiger partial charge < -0.3 is 5.11 Å². The van der Waals surface area contributed by atoms with Crippen LogP contribution in [0.3, 0.4) is 0 Å². The van der Waals surface area contributed by atoms with E-state index in [1.54, 1.807) is 0 Å². The van der Waals surface area contributed by atoms with Gasteiger partial charge in [0.2, 0.25) is 0 Å². The maximum atomic E-state index is 9.89. The molecule has 0 saturated carbocycles. The van der Waals surface area contributed by atoms with E-state index < -0.39 is 0 Å². The quantitative estimate of drug-likeness (QED) is 0.649. The Hall–Kier alpha value is -0.550. The van der Waals surface area contributed by atoms with E-state index in [9.17, 15) is 5.11 Å². The Morgan fingerprint density at radius 2 is 1.86 bits per heavy atom. The molecule has 0 aliphatic carbocycles. The molecule has 0 bridgehead atoms. The fourth-order valence-electron chi connectivity index (χ4n) is 1.80. The van der Waals surface area contributed by atoms with Gasteiger partial charge in [0.1, 0.15) is 0 Å². The van der Waals surface area contributed by atoms with Gasteiger partial charge in [0.15, 0.2) is 0 Å². The molecule has 0 spiro atoms. The van der Waals surface area contributed by atoms with Gasteiger partial charge in [-0.15, -0.1) is 0 Å². The van der Waals surface area contributed by atoms with Crippen molar-refractivity contribution in [2.45, 2.75) is 64.9 Å². The molecule has 0 rings (SSSR count). The number of nitriles is 1. The molecule has 14 heavy (non-hydrogen) atoms. The van der Waals surface area contributed by atoms with Crippen LogP contribution >= 0.6 is 0 Å². The van der Waals surface area contributed by atoms with Crippen molar-refractivity contribution in [2.75, 3.05) is 0 Å². The van der Waals surface area contributed by atoms with E-state index in [-0.39, 0.29) is 6.10 Å². The number of rotatable bonds is 8. The standard InChI is InChI=1S/C12H23NO/c1-3-5-9-12(14)11(7-4-2)8-6-10-13/h11-12,14H,3-9H2,1-2H3. The van der Waals surface area contributed by atoms with Crippen LogP contribution in [-0.4, -0.2) is 11.2 Å². The molecule has 0 amide bonds. The van der Waals surface area contributed by atoms with Crippen LogP contribution in [-0.2, 0) is 0 Å². The van der Waals surface area contributed by atoms with E-state index in [1.807, 2.05) is 0 Å². The molecule has 0 radical (unpaired) electrons. The van der Waals surface area contributed by atoms with Gasteiger partial charge in [-0.05, 0) is 25.2 Å². The summed E-state index contributed by atoms with van der Waals surface area (Å²) in [5.74, 6) is 0.339. The third-order valence-electron chi connectivity index (χ3n) is 2.68. The van der Waals surface area contributed by atoms with Crippen molar-refractivity contribution in [3.8, 4) is 6.07 Å². The lowest BCUT2D eigenvalue weighted by atomic mass is 9.89. The fourth-order valence-corrected chi connectivity index (χ4v) is 1.80. The van der Waals surface area contributed by atoms with Crippen molar-refractivity contribution in [3.63, 3.8) is 0 Å². The van der Waals surface area contributed by atoms with Gasteiger partial charge in [0.25, 0.3) is 0 Å². The molecule has 2 atom stereocenters. The first-order valence-corrected chi connectivity index (χ1v) is 5.81. The molecule has 0 aliphatic rings. The first-order chi connectivity index (χ1) is 6.76. The minimum atomic E-state index is -0.191. The van der Waals surface area contributed by atoms with E-state index in [0.29, 0.717) is 12.3 Å². The normalized spacial score (nSPS) is 14.7. The first-order valence-electron chi connectivity index (χ1n) is 5.81. The molecule has 0 heterocycles. The average Bonchev–Trinajstić information content (AvgIpc) is 2.20. The van der Waals surface area contributed by atoms with Gasteiger partial charge in [-0.3, -0.25) is 0 Å². The summed E-state index contributed by atoms with van der Waals surface area (Å²) in [6, 6.07) is 2.16. The molecule has 2 heteroatoms. The van der Waals surface area contributed by atoms with E-state index in [2.05, 4.69) is 19.9 Å². The highest BCUT2D eigenvalue weighted by Crippen LogP contribution is 2.21. The van der Waals surface area contributed by atoms with Crippen LogP contribution in [0, 0.1) is 17.2 Å². The maximum Gasteiger partial charge on any atom is 0.0621 e. The van der Waals surface area contributed by atoms with Gasteiger partial charge in [-0.25, -0.2) is 0 Å². The van der Waals surface area contributed by atoms with Gasteiger partial charge in [0.05, 0.1) is 12.2 Å². The number of hydrogen-bond donors (Lipinski definition) is 1. The largest absolute Gasteiger partial charge is 0.393 e. The van der Waals surface area contributed by atoms with Crippen molar-refractivity contribution in [3.05, 3.63) is 0 Å². The summed E-state index contributed by atoms with van der Waals surface area (Å²) < 4.78 is 0. The van der Waals surface area contributed by atoms with Gasteiger partial charge in [-0.2, -0.15) is 5.26 Å². The zero-order valence-electron chi connectivity index (χ0n) is 9.50. The van der Waals surface area contributed by atoms with Crippen LogP contribution in [0.25, 0.3) is 0 Å². The Bertz CT molecular complexity index is 162. The first kappa shape index (κ1) is 13.4. The Kier molecular flexibility index (Phi) is 8.67. The average molecular weight is 197 g/mol. The molecule has 0 fully saturated rings. The zero-order chi connectivity index (χ0) is 10.8. The lowest BCUT2D eigenvalue weighted by molar-refractivity contribution is 0.0870. The van der Waals surface area contributed by atoms with Crippen LogP contribution in [0.1, 0.15) is 58.8 Å². The molecule has 2 nitrogen and oxygen atoms in total. The SMILES string of the molecule is CCCCC(O)C(CCC)CCC#N. The molecule has 1 N–H and O–H groups in total. The molecular formula is C12H23NO. The smallest absolute Gasteiger partial charge is 0.0621 e. The number of nitrogens with zero attached hydrogens (tertiary/aromatic N) is 1. The predicted octanol–water partition coefficient (Wildman–Crippen LogP) is 3.26. The summed E-state index contributed by atoms with van der Waals surface area (Å²) in [7, 11) is 0. The molecule has 0 aromatic heterocycles. The van der Waals surface area contributed by atoms with Crippen LogP contribution in [0.15, 0.2) is 0 Å². The highest BCUT2D eigenvalue weighted by Gasteiger charge is 2.17. The predicted molar refractivity (Wildman–Crippen MR) is 58.8 cm³/mol. The highest BCUT2D eigenvalue weighted by molar-refractivity contribution is 4.76. The lowest BCUT2D eigenvalue weighted by Gasteiger charge is -2.21. The van der Waals surface area contributed by atoms with Crippen LogP contribution in [0.5, 0.6) is 0 Å². The number of aliphatic hydroxyl groups is 1. The van der Waals surface area contributed by atoms with Gasteiger partial charge in [0, 0.05) is 6.42 Å². The number of aliphatic hydroxyl groups excluding tert-OH is 1. The summed E-state index contributed by atoms with van der Waals surface area (Å²) >= 11 is 0.